The van der Waals surface area contributed by atoms with Gasteiger partial charge in [0.25, 0.3) is 0 Å². The van der Waals surface area contributed by atoms with Crippen LogP contribution in [0, 0.1) is 11.3 Å². The number of carbonyl (C=O) groups excluding carboxylic acids is 1. The largest absolute Gasteiger partial charge is 0.369 e. The van der Waals surface area contributed by atoms with E-state index < -0.39 is 0 Å². The maximum Gasteiger partial charge on any atom is 0.238 e. The number of nitrogens with zero attached hydrogens (tertiary/aromatic N) is 3. The van der Waals surface area contributed by atoms with Gasteiger partial charge >= 0.3 is 0 Å². The van der Waals surface area contributed by atoms with Gasteiger partial charge in [0.2, 0.25) is 5.91 Å². The van der Waals surface area contributed by atoms with E-state index in [2.05, 4.69) is 33.3 Å². The molecule has 5 heteroatoms. The summed E-state index contributed by atoms with van der Waals surface area (Å²) in [6.07, 6.45) is 0. The third kappa shape index (κ3) is 4.12. The first-order valence-electron chi connectivity index (χ1n) is 8.07. The van der Waals surface area contributed by atoms with Crippen molar-refractivity contribution in [3.8, 4) is 6.07 Å². The Kier molecular flexibility index (Phi) is 5.09. The number of rotatable bonds is 4. The molecule has 24 heavy (non-hydrogen) atoms. The van der Waals surface area contributed by atoms with Crippen LogP contribution in [-0.2, 0) is 4.79 Å². The minimum Gasteiger partial charge on any atom is -0.369 e. The molecule has 0 aliphatic carbocycles. The SMILES string of the molecule is N#Cc1ccc(NC(=O)CN2CCN(c3ccccc3)CC2)cc1. The highest BCUT2D eigenvalue weighted by molar-refractivity contribution is 5.92. The summed E-state index contributed by atoms with van der Waals surface area (Å²) in [5.74, 6) is -0.0205. The zero-order valence-corrected chi connectivity index (χ0v) is 13.5. The number of anilines is 2. The van der Waals surface area contributed by atoms with E-state index in [9.17, 15) is 4.79 Å². The van der Waals surface area contributed by atoms with Crippen LogP contribution in [0.4, 0.5) is 11.4 Å². The lowest BCUT2D eigenvalue weighted by molar-refractivity contribution is -0.117. The van der Waals surface area contributed by atoms with Crippen LogP contribution in [0.15, 0.2) is 54.6 Å². The van der Waals surface area contributed by atoms with Gasteiger partial charge in [-0.25, -0.2) is 0 Å². The predicted molar refractivity (Wildman–Crippen MR) is 94.9 cm³/mol. The van der Waals surface area contributed by atoms with Gasteiger partial charge in [-0.1, -0.05) is 18.2 Å². The highest BCUT2D eigenvalue weighted by Crippen LogP contribution is 2.15. The molecule has 0 unspecified atom stereocenters. The molecular formula is C19H20N4O. The number of hydrogen-bond acceptors (Lipinski definition) is 4. The third-order valence-electron chi connectivity index (χ3n) is 4.16. The van der Waals surface area contributed by atoms with Crippen LogP contribution in [0.2, 0.25) is 0 Å². The van der Waals surface area contributed by atoms with Gasteiger partial charge in [0.1, 0.15) is 0 Å². The molecular weight excluding hydrogens is 300 g/mol. The summed E-state index contributed by atoms with van der Waals surface area (Å²) in [7, 11) is 0. The molecule has 3 rings (SSSR count). The van der Waals surface area contributed by atoms with Crippen molar-refractivity contribution < 1.29 is 4.79 Å². The second-order valence-electron chi connectivity index (χ2n) is 5.84. The standard InChI is InChI=1S/C19H20N4O/c20-14-16-6-8-17(9-7-16)21-19(24)15-22-10-12-23(13-11-22)18-4-2-1-3-5-18/h1-9H,10-13,15H2,(H,21,24). The molecule has 0 bridgehead atoms. The van der Waals surface area contributed by atoms with Gasteiger partial charge in [0.15, 0.2) is 0 Å². The summed E-state index contributed by atoms with van der Waals surface area (Å²) in [4.78, 5) is 16.7. The zero-order valence-electron chi connectivity index (χ0n) is 13.5. The van der Waals surface area contributed by atoms with Crippen molar-refractivity contribution in [2.75, 3.05) is 42.9 Å². The Morgan fingerprint density at radius 3 is 2.29 bits per heavy atom. The molecule has 2 aromatic carbocycles. The van der Waals surface area contributed by atoms with Crippen LogP contribution in [0.5, 0.6) is 0 Å². The number of hydrogen-bond donors (Lipinski definition) is 1. The Hall–Kier alpha value is -2.84. The third-order valence-corrected chi connectivity index (χ3v) is 4.16. The normalized spacial score (nSPS) is 14.9. The Morgan fingerprint density at radius 1 is 1.00 bits per heavy atom. The summed E-state index contributed by atoms with van der Waals surface area (Å²) < 4.78 is 0. The highest BCUT2D eigenvalue weighted by Gasteiger charge is 2.19. The fraction of sp³-hybridized carbons (Fsp3) is 0.263. The van der Waals surface area contributed by atoms with Crippen LogP contribution in [0.3, 0.4) is 0 Å². The molecule has 122 valence electrons. The molecule has 1 saturated heterocycles. The van der Waals surface area contributed by atoms with Crippen LogP contribution in [0.25, 0.3) is 0 Å². The van der Waals surface area contributed by atoms with Gasteiger partial charge in [-0.15, -0.1) is 0 Å². The Balaban J connectivity index is 1.47. The summed E-state index contributed by atoms with van der Waals surface area (Å²) in [6, 6.07) is 19.3. The van der Waals surface area contributed by atoms with Crippen LogP contribution >= 0.6 is 0 Å². The molecule has 5 nitrogen and oxygen atoms in total. The van der Waals surface area contributed by atoms with Crippen molar-refractivity contribution in [2.24, 2.45) is 0 Å². The number of carbonyl (C=O) groups is 1. The van der Waals surface area contributed by atoms with Crippen molar-refractivity contribution in [1.82, 2.24) is 4.90 Å². The topological polar surface area (TPSA) is 59.4 Å². The molecule has 1 N–H and O–H groups in total. The second kappa shape index (κ2) is 7.62. The van der Waals surface area contributed by atoms with Gasteiger partial charge in [-0.3, -0.25) is 9.69 Å². The van der Waals surface area contributed by atoms with Gasteiger partial charge in [0.05, 0.1) is 18.2 Å². The van der Waals surface area contributed by atoms with Crippen molar-refractivity contribution in [3.63, 3.8) is 0 Å². The molecule has 1 amide bonds. The van der Waals surface area contributed by atoms with E-state index in [-0.39, 0.29) is 5.91 Å². The average molecular weight is 320 g/mol. The number of para-hydroxylation sites is 1. The molecule has 0 saturated carbocycles. The van der Waals surface area contributed by atoms with Crippen LogP contribution in [-0.4, -0.2) is 43.5 Å². The van der Waals surface area contributed by atoms with Gasteiger partial charge in [-0.2, -0.15) is 5.26 Å². The van der Waals surface area contributed by atoms with Crippen molar-refractivity contribution in [2.45, 2.75) is 0 Å². The number of nitriles is 1. The minimum atomic E-state index is -0.0205. The lowest BCUT2D eigenvalue weighted by atomic mass is 10.2. The fourth-order valence-electron chi connectivity index (χ4n) is 2.83. The molecule has 1 heterocycles. The van der Waals surface area contributed by atoms with E-state index >= 15 is 0 Å². The number of nitrogens with one attached hydrogen (secondary N) is 1. The maximum atomic E-state index is 12.2. The molecule has 2 aromatic rings. The van der Waals surface area contributed by atoms with Crippen LogP contribution < -0.4 is 10.2 Å². The van der Waals surface area contributed by atoms with Gasteiger partial charge < -0.3 is 10.2 Å². The van der Waals surface area contributed by atoms with E-state index in [0.717, 1.165) is 31.9 Å². The fourth-order valence-corrected chi connectivity index (χ4v) is 2.83. The molecule has 0 radical (unpaired) electrons. The van der Waals surface area contributed by atoms with Crippen molar-refractivity contribution >= 4 is 17.3 Å². The van der Waals surface area contributed by atoms with Crippen molar-refractivity contribution in [1.29, 1.82) is 5.26 Å². The summed E-state index contributed by atoms with van der Waals surface area (Å²) in [5, 5.41) is 11.7. The Morgan fingerprint density at radius 2 is 1.67 bits per heavy atom. The molecule has 1 fully saturated rings. The maximum absolute atomic E-state index is 12.2. The minimum absolute atomic E-state index is 0.0205. The van der Waals surface area contributed by atoms with E-state index in [0.29, 0.717) is 12.1 Å². The van der Waals surface area contributed by atoms with Gasteiger partial charge in [-0.05, 0) is 36.4 Å². The first kappa shape index (κ1) is 16.0. The molecule has 0 aromatic heterocycles. The molecule has 0 spiro atoms. The number of benzene rings is 2. The molecule has 1 aliphatic rings. The smallest absolute Gasteiger partial charge is 0.238 e. The Bertz CT molecular complexity index is 713. The van der Waals surface area contributed by atoms with Crippen molar-refractivity contribution in [3.05, 3.63) is 60.2 Å². The van der Waals surface area contributed by atoms with Crippen LogP contribution in [0.1, 0.15) is 5.56 Å². The first-order valence-corrected chi connectivity index (χ1v) is 8.07. The summed E-state index contributed by atoms with van der Waals surface area (Å²) in [6.45, 7) is 3.98. The molecule has 0 atom stereocenters. The summed E-state index contributed by atoms with van der Waals surface area (Å²) in [5.41, 5.74) is 2.55. The lowest BCUT2D eigenvalue weighted by Gasteiger charge is -2.35. The monoisotopic (exact) mass is 320 g/mol. The first-order chi connectivity index (χ1) is 11.7. The van der Waals surface area contributed by atoms with E-state index in [1.165, 1.54) is 5.69 Å². The number of amides is 1. The predicted octanol–water partition coefficient (Wildman–Crippen LogP) is 2.32. The Labute approximate surface area is 142 Å². The van der Waals surface area contributed by atoms with E-state index in [1.54, 1.807) is 24.3 Å². The quantitative estimate of drug-likeness (QED) is 0.939. The lowest BCUT2D eigenvalue weighted by Crippen LogP contribution is -2.48. The number of piperazine rings is 1. The second-order valence-corrected chi connectivity index (χ2v) is 5.84. The summed E-state index contributed by atoms with van der Waals surface area (Å²) >= 11 is 0. The van der Waals surface area contributed by atoms with E-state index in [1.807, 2.05) is 18.2 Å². The average Bonchev–Trinajstić information content (AvgIpc) is 2.64. The molecule has 1 aliphatic heterocycles. The van der Waals surface area contributed by atoms with Gasteiger partial charge in [0, 0.05) is 37.6 Å². The van der Waals surface area contributed by atoms with E-state index in [4.69, 9.17) is 5.26 Å². The zero-order chi connectivity index (χ0) is 16.8. The highest BCUT2D eigenvalue weighted by atomic mass is 16.2.